The minimum absolute atomic E-state index is 0.179. The van der Waals surface area contributed by atoms with Crippen molar-refractivity contribution >= 4 is 31.3 Å². The van der Waals surface area contributed by atoms with E-state index in [0.29, 0.717) is 0 Å². The summed E-state index contributed by atoms with van der Waals surface area (Å²) in [4.78, 5) is 4.29. The Balaban J connectivity index is 2.23. The van der Waals surface area contributed by atoms with Gasteiger partial charge in [0.25, 0.3) is 0 Å². The zero-order valence-corrected chi connectivity index (χ0v) is 15.8. The highest BCUT2D eigenvalue weighted by atomic mass is 35.5. The second-order valence-corrected chi connectivity index (χ2v) is 12.8. The van der Waals surface area contributed by atoms with E-state index in [4.69, 9.17) is 16.0 Å². The normalized spacial score (nSPS) is 14.0. The van der Waals surface area contributed by atoms with Crippen LogP contribution in [-0.2, 0) is 0 Å². The minimum Gasteiger partial charge on any atom is -0.543 e. The minimum atomic E-state index is -1.83. The van der Waals surface area contributed by atoms with Crippen LogP contribution in [0, 0.1) is 0 Å². The zero-order chi connectivity index (χ0) is 15.7. The number of hydrogen-bond donors (Lipinski definition) is 0. The Kier molecular flexibility index (Phi) is 4.81. The van der Waals surface area contributed by atoms with Gasteiger partial charge in [0, 0.05) is 11.6 Å². The molecule has 1 atom stereocenters. The number of nitrogens with zero attached hydrogens (tertiary/aromatic N) is 1. The predicted molar refractivity (Wildman–Crippen MR) is 94.1 cm³/mol. The van der Waals surface area contributed by atoms with Gasteiger partial charge >= 0.3 is 0 Å². The molecule has 2 rings (SSSR count). The molecule has 2 nitrogen and oxygen atoms in total. The second kappa shape index (κ2) is 6.11. The van der Waals surface area contributed by atoms with E-state index in [1.165, 1.54) is 0 Å². The maximum Gasteiger partial charge on any atom is 0.250 e. The fourth-order valence-corrected chi connectivity index (χ4v) is 3.69. The summed E-state index contributed by atoms with van der Waals surface area (Å²) in [6.45, 7) is 11.2. The smallest absolute Gasteiger partial charge is 0.250 e. The predicted octanol–water partition coefficient (Wildman–Crippen LogP) is 5.86. The Morgan fingerprint density at radius 1 is 1.29 bits per heavy atom. The molecule has 1 unspecified atom stereocenters. The lowest BCUT2D eigenvalue weighted by molar-refractivity contribution is 0.491. The van der Waals surface area contributed by atoms with Crippen molar-refractivity contribution in [2.45, 2.75) is 44.3 Å². The summed E-state index contributed by atoms with van der Waals surface area (Å²) in [6.07, 6.45) is 1.78. The van der Waals surface area contributed by atoms with E-state index in [2.05, 4.69) is 38.8 Å². The largest absolute Gasteiger partial charge is 0.543 e. The Labute approximate surface area is 137 Å². The van der Waals surface area contributed by atoms with Crippen molar-refractivity contribution in [2.75, 3.05) is 0 Å². The molecule has 0 radical (unpaired) electrons. The Hall–Kier alpha value is -0.843. The molecule has 1 heterocycles. The van der Waals surface area contributed by atoms with Gasteiger partial charge in [-0.05, 0) is 35.8 Å². The molecule has 1 aromatic heterocycles. The number of benzene rings is 1. The van der Waals surface area contributed by atoms with Crippen LogP contribution in [0.1, 0.15) is 36.7 Å². The molecular weight excluding hydrogens is 318 g/mol. The quantitative estimate of drug-likeness (QED) is 0.514. The first kappa shape index (κ1) is 16.5. The van der Waals surface area contributed by atoms with E-state index in [1.807, 2.05) is 29.6 Å². The Morgan fingerprint density at radius 3 is 2.57 bits per heavy atom. The SMILES string of the molecule is CC(C)(C)[Si](C)(C)Oc1cccc(C(Cl)c2nccs2)c1. The van der Waals surface area contributed by atoms with Crippen LogP contribution < -0.4 is 4.43 Å². The third-order valence-electron chi connectivity index (χ3n) is 4.00. The molecule has 0 aliphatic rings. The molecule has 2 aromatic rings. The van der Waals surface area contributed by atoms with Crippen molar-refractivity contribution < 1.29 is 4.43 Å². The Morgan fingerprint density at radius 2 is 2.00 bits per heavy atom. The van der Waals surface area contributed by atoms with E-state index >= 15 is 0 Å². The molecule has 0 saturated heterocycles. The standard InChI is InChI=1S/C16H22ClNOSSi/c1-16(2,3)21(4,5)19-13-8-6-7-12(11-13)14(17)15-18-9-10-20-15/h6-11,14H,1-5H3. The lowest BCUT2D eigenvalue weighted by atomic mass is 10.1. The number of alkyl halides is 1. The first-order valence-corrected chi connectivity index (χ1v) is 11.3. The van der Waals surface area contributed by atoms with E-state index in [1.54, 1.807) is 17.5 Å². The summed E-state index contributed by atoms with van der Waals surface area (Å²) in [7, 11) is -1.83. The second-order valence-electron chi connectivity index (χ2n) is 6.67. The number of hydrogen-bond acceptors (Lipinski definition) is 3. The van der Waals surface area contributed by atoms with Crippen molar-refractivity contribution in [2.24, 2.45) is 0 Å². The highest BCUT2D eigenvalue weighted by molar-refractivity contribution is 7.09. The van der Waals surface area contributed by atoms with Gasteiger partial charge in [0.2, 0.25) is 8.32 Å². The summed E-state index contributed by atoms with van der Waals surface area (Å²) in [5.74, 6) is 0.904. The molecule has 0 aliphatic heterocycles. The molecule has 5 heteroatoms. The first-order valence-electron chi connectivity index (χ1n) is 7.03. The summed E-state index contributed by atoms with van der Waals surface area (Å²) in [5.41, 5.74) is 1.03. The fraction of sp³-hybridized carbons (Fsp3) is 0.438. The van der Waals surface area contributed by atoms with Crippen LogP contribution in [0.4, 0.5) is 0 Å². The molecule has 0 spiro atoms. The lowest BCUT2D eigenvalue weighted by Gasteiger charge is -2.36. The van der Waals surface area contributed by atoms with Gasteiger partial charge in [-0.2, -0.15) is 0 Å². The van der Waals surface area contributed by atoms with E-state index in [0.717, 1.165) is 16.3 Å². The van der Waals surface area contributed by atoms with Crippen LogP contribution in [0.5, 0.6) is 5.75 Å². The van der Waals surface area contributed by atoms with Crippen molar-refractivity contribution in [3.63, 3.8) is 0 Å². The molecule has 0 amide bonds. The summed E-state index contributed by atoms with van der Waals surface area (Å²) in [6, 6.07) is 8.08. The fourth-order valence-electron chi connectivity index (χ4n) is 1.69. The van der Waals surface area contributed by atoms with Crippen LogP contribution >= 0.6 is 22.9 Å². The maximum atomic E-state index is 6.51. The summed E-state index contributed by atoms with van der Waals surface area (Å²) in [5, 5.41) is 2.83. The van der Waals surface area contributed by atoms with E-state index < -0.39 is 8.32 Å². The van der Waals surface area contributed by atoms with Gasteiger partial charge < -0.3 is 4.43 Å². The topological polar surface area (TPSA) is 22.1 Å². The molecular formula is C16H22ClNOSSi. The third kappa shape index (κ3) is 3.87. The zero-order valence-electron chi connectivity index (χ0n) is 13.2. The van der Waals surface area contributed by atoms with Gasteiger partial charge in [-0.1, -0.05) is 32.9 Å². The van der Waals surface area contributed by atoms with Gasteiger partial charge in [-0.15, -0.1) is 22.9 Å². The number of halogens is 1. The number of thiazole rings is 1. The monoisotopic (exact) mass is 339 g/mol. The van der Waals surface area contributed by atoms with Gasteiger partial charge in [-0.25, -0.2) is 4.98 Å². The highest BCUT2D eigenvalue weighted by Crippen LogP contribution is 2.38. The molecule has 0 N–H and O–H groups in total. The van der Waals surface area contributed by atoms with Crippen LogP contribution in [0.2, 0.25) is 18.1 Å². The van der Waals surface area contributed by atoms with Crippen molar-refractivity contribution in [1.82, 2.24) is 4.98 Å². The molecule has 0 bridgehead atoms. The van der Waals surface area contributed by atoms with Crippen molar-refractivity contribution in [1.29, 1.82) is 0 Å². The van der Waals surface area contributed by atoms with Gasteiger partial charge in [0.15, 0.2) is 0 Å². The van der Waals surface area contributed by atoms with Gasteiger partial charge in [0.05, 0.1) is 0 Å². The van der Waals surface area contributed by atoms with Crippen LogP contribution in [0.25, 0.3) is 0 Å². The highest BCUT2D eigenvalue weighted by Gasteiger charge is 2.39. The van der Waals surface area contributed by atoms with Gasteiger partial charge in [-0.3, -0.25) is 0 Å². The maximum absolute atomic E-state index is 6.51. The van der Waals surface area contributed by atoms with Crippen molar-refractivity contribution in [3.8, 4) is 5.75 Å². The van der Waals surface area contributed by atoms with Crippen LogP contribution in [0.3, 0.4) is 0 Å². The average Bonchev–Trinajstić information content (AvgIpc) is 2.90. The molecule has 1 aromatic carbocycles. The first-order chi connectivity index (χ1) is 9.71. The molecule has 0 saturated carbocycles. The van der Waals surface area contributed by atoms with E-state index in [9.17, 15) is 0 Å². The van der Waals surface area contributed by atoms with E-state index in [-0.39, 0.29) is 10.4 Å². The van der Waals surface area contributed by atoms with Crippen LogP contribution in [-0.4, -0.2) is 13.3 Å². The molecule has 0 fully saturated rings. The lowest BCUT2D eigenvalue weighted by Crippen LogP contribution is -2.43. The average molecular weight is 340 g/mol. The molecule has 0 aliphatic carbocycles. The third-order valence-corrected chi connectivity index (χ3v) is 9.79. The van der Waals surface area contributed by atoms with Gasteiger partial charge in [0.1, 0.15) is 16.1 Å². The molecule has 114 valence electrons. The number of aromatic nitrogens is 1. The van der Waals surface area contributed by atoms with Crippen molar-refractivity contribution in [3.05, 3.63) is 46.4 Å². The number of rotatable bonds is 4. The summed E-state index contributed by atoms with van der Waals surface area (Å²) >= 11 is 8.08. The van der Waals surface area contributed by atoms with Crippen LogP contribution in [0.15, 0.2) is 35.8 Å². The molecule has 21 heavy (non-hydrogen) atoms. The summed E-state index contributed by atoms with van der Waals surface area (Å²) < 4.78 is 6.34. The Bertz CT molecular complexity index is 593.